The topological polar surface area (TPSA) is 62.1 Å². The molecule has 0 amide bonds. The van der Waals surface area contributed by atoms with Gasteiger partial charge in [0.2, 0.25) is 0 Å². The van der Waals surface area contributed by atoms with E-state index in [0.717, 1.165) is 32.7 Å². The summed E-state index contributed by atoms with van der Waals surface area (Å²) in [5, 5.41) is 10.0. The van der Waals surface area contributed by atoms with Crippen molar-refractivity contribution in [2.75, 3.05) is 39.3 Å². The standard InChI is InChI=1S/C21H46N4/c1-2-3-4-5-6-7-8-9-10-11-12-13-14-16-23-18-20-25-21-19-24-17-15-22/h14,16,23-25H,2-13,15,17-22H2,1H3. The molecule has 0 unspecified atom stereocenters. The number of unbranched alkanes of at least 4 members (excludes halogenated alkanes) is 11. The lowest BCUT2D eigenvalue weighted by Gasteiger charge is -2.05. The molecule has 0 radical (unpaired) electrons. The van der Waals surface area contributed by atoms with E-state index in [1.165, 1.54) is 77.0 Å². The Kier molecular flexibility index (Phi) is 22.9. The Hall–Kier alpha value is -0.580. The summed E-state index contributed by atoms with van der Waals surface area (Å²) in [7, 11) is 0. The molecule has 0 aromatic rings. The summed E-state index contributed by atoms with van der Waals surface area (Å²) in [5.41, 5.74) is 5.41. The van der Waals surface area contributed by atoms with Crippen molar-refractivity contribution in [2.45, 2.75) is 84.0 Å². The van der Waals surface area contributed by atoms with Crippen LogP contribution in [0.4, 0.5) is 0 Å². The van der Waals surface area contributed by atoms with Gasteiger partial charge in [-0.1, -0.05) is 77.2 Å². The summed E-state index contributed by atoms with van der Waals surface area (Å²) in [6.45, 7) is 7.90. The van der Waals surface area contributed by atoms with Crippen LogP contribution in [0.3, 0.4) is 0 Å². The fraction of sp³-hybridized carbons (Fsp3) is 0.905. The van der Waals surface area contributed by atoms with Crippen molar-refractivity contribution in [2.24, 2.45) is 5.73 Å². The Bertz CT molecular complexity index is 256. The normalized spacial score (nSPS) is 11.4. The van der Waals surface area contributed by atoms with Gasteiger partial charge in [-0.2, -0.15) is 0 Å². The first kappa shape index (κ1) is 24.4. The van der Waals surface area contributed by atoms with Gasteiger partial charge < -0.3 is 21.7 Å². The van der Waals surface area contributed by atoms with Crippen LogP contribution in [0.15, 0.2) is 12.3 Å². The maximum atomic E-state index is 5.41. The molecule has 0 aromatic carbocycles. The van der Waals surface area contributed by atoms with Crippen LogP contribution in [-0.2, 0) is 0 Å². The molecule has 0 bridgehead atoms. The van der Waals surface area contributed by atoms with Crippen molar-refractivity contribution >= 4 is 0 Å². The Morgan fingerprint density at radius 1 is 0.640 bits per heavy atom. The van der Waals surface area contributed by atoms with Crippen molar-refractivity contribution in [1.82, 2.24) is 16.0 Å². The van der Waals surface area contributed by atoms with E-state index in [4.69, 9.17) is 5.73 Å². The zero-order valence-corrected chi connectivity index (χ0v) is 17.0. The number of allylic oxidation sites excluding steroid dienone is 1. The van der Waals surface area contributed by atoms with Gasteiger partial charge in [0.25, 0.3) is 0 Å². The summed E-state index contributed by atoms with van der Waals surface area (Å²) < 4.78 is 0. The molecule has 0 atom stereocenters. The van der Waals surface area contributed by atoms with Crippen LogP contribution in [0.25, 0.3) is 0 Å². The molecule has 0 heterocycles. The molecule has 4 heteroatoms. The first-order chi connectivity index (χ1) is 12.4. The van der Waals surface area contributed by atoms with Gasteiger partial charge in [0.15, 0.2) is 0 Å². The highest BCUT2D eigenvalue weighted by atomic mass is 15.0. The molecule has 4 nitrogen and oxygen atoms in total. The van der Waals surface area contributed by atoms with Crippen LogP contribution in [0.5, 0.6) is 0 Å². The minimum Gasteiger partial charge on any atom is -0.390 e. The SMILES string of the molecule is CCCCCCCCCCCCCC=CNCCNCCNCCN. The van der Waals surface area contributed by atoms with Gasteiger partial charge in [-0.15, -0.1) is 0 Å². The predicted molar refractivity (Wildman–Crippen MR) is 113 cm³/mol. The molecular formula is C21H46N4. The van der Waals surface area contributed by atoms with Gasteiger partial charge in [-0.25, -0.2) is 0 Å². The second kappa shape index (κ2) is 23.4. The Labute approximate surface area is 157 Å². The van der Waals surface area contributed by atoms with Gasteiger partial charge in [0.05, 0.1) is 0 Å². The van der Waals surface area contributed by atoms with Gasteiger partial charge in [0, 0.05) is 39.3 Å². The first-order valence-electron chi connectivity index (χ1n) is 10.9. The molecule has 0 saturated heterocycles. The summed E-state index contributed by atoms with van der Waals surface area (Å²) >= 11 is 0. The molecule has 5 N–H and O–H groups in total. The fourth-order valence-electron chi connectivity index (χ4n) is 2.87. The summed E-state index contributed by atoms with van der Waals surface area (Å²) in [6, 6.07) is 0. The smallest absolute Gasteiger partial charge is 0.0266 e. The highest BCUT2D eigenvalue weighted by molar-refractivity contribution is 4.79. The van der Waals surface area contributed by atoms with E-state index in [0.29, 0.717) is 6.54 Å². The maximum Gasteiger partial charge on any atom is 0.0266 e. The van der Waals surface area contributed by atoms with Crippen LogP contribution >= 0.6 is 0 Å². The molecule has 0 aliphatic carbocycles. The highest BCUT2D eigenvalue weighted by Gasteiger charge is 1.92. The number of hydrogen-bond donors (Lipinski definition) is 4. The second-order valence-corrected chi connectivity index (χ2v) is 6.97. The zero-order chi connectivity index (χ0) is 18.3. The quantitative estimate of drug-likeness (QED) is 0.236. The van der Waals surface area contributed by atoms with Gasteiger partial charge in [0.1, 0.15) is 0 Å². The molecule has 0 saturated carbocycles. The molecule has 0 aromatic heterocycles. The van der Waals surface area contributed by atoms with Gasteiger partial charge >= 0.3 is 0 Å². The highest BCUT2D eigenvalue weighted by Crippen LogP contribution is 2.11. The van der Waals surface area contributed by atoms with E-state index in [1.807, 2.05) is 0 Å². The Morgan fingerprint density at radius 2 is 1.16 bits per heavy atom. The Balaban J connectivity index is 3.04. The number of rotatable bonds is 21. The fourth-order valence-corrected chi connectivity index (χ4v) is 2.87. The molecule has 0 aliphatic heterocycles. The van der Waals surface area contributed by atoms with Crippen LogP contribution < -0.4 is 21.7 Å². The minimum atomic E-state index is 0.714. The van der Waals surface area contributed by atoms with Gasteiger partial charge in [-0.05, 0) is 19.0 Å². The van der Waals surface area contributed by atoms with Crippen LogP contribution in [0.2, 0.25) is 0 Å². The lowest BCUT2D eigenvalue weighted by Crippen LogP contribution is -2.33. The summed E-state index contributed by atoms with van der Waals surface area (Å²) in [4.78, 5) is 0. The van der Waals surface area contributed by atoms with E-state index in [1.54, 1.807) is 0 Å². The third-order valence-electron chi connectivity index (χ3n) is 4.46. The second-order valence-electron chi connectivity index (χ2n) is 6.97. The van der Waals surface area contributed by atoms with E-state index < -0.39 is 0 Å². The van der Waals surface area contributed by atoms with Crippen LogP contribution in [0.1, 0.15) is 84.0 Å². The van der Waals surface area contributed by atoms with E-state index in [9.17, 15) is 0 Å². The Morgan fingerprint density at radius 3 is 1.76 bits per heavy atom. The van der Waals surface area contributed by atoms with Crippen LogP contribution in [0, 0.1) is 0 Å². The molecule has 0 rings (SSSR count). The monoisotopic (exact) mass is 354 g/mol. The average molecular weight is 355 g/mol. The van der Waals surface area contributed by atoms with E-state index >= 15 is 0 Å². The third kappa shape index (κ3) is 23.4. The van der Waals surface area contributed by atoms with E-state index in [-0.39, 0.29) is 0 Å². The minimum absolute atomic E-state index is 0.714. The molecule has 0 fully saturated rings. The van der Waals surface area contributed by atoms with Gasteiger partial charge in [-0.3, -0.25) is 0 Å². The predicted octanol–water partition coefficient (Wildman–Crippen LogP) is 3.93. The lowest BCUT2D eigenvalue weighted by atomic mass is 10.1. The van der Waals surface area contributed by atoms with Crippen molar-refractivity contribution < 1.29 is 0 Å². The van der Waals surface area contributed by atoms with Crippen molar-refractivity contribution in [3.05, 3.63) is 12.3 Å². The average Bonchev–Trinajstić information content (AvgIpc) is 2.63. The van der Waals surface area contributed by atoms with Crippen molar-refractivity contribution in [1.29, 1.82) is 0 Å². The van der Waals surface area contributed by atoms with Crippen molar-refractivity contribution in [3.63, 3.8) is 0 Å². The van der Waals surface area contributed by atoms with Crippen LogP contribution in [-0.4, -0.2) is 39.3 Å². The molecule has 25 heavy (non-hydrogen) atoms. The third-order valence-corrected chi connectivity index (χ3v) is 4.46. The lowest BCUT2D eigenvalue weighted by molar-refractivity contribution is 0.550. The zero-order valence-electron chi connectivity index (χ0n) is 17.0. The molecular weight excluding hydrogens is 308 g/mol. The number of hydrogen-bond acceptors (Lipinski definition) is 4. The maximum absolute atomic E-state index is 5.41. The number of nitrogens with one attached hydrogen (secondary N) is 3. The summed E-state index contributed by atoms with van der Waals surface area (Å²) in [5.74, 6) is 0. The van der Waals surface area contributed by atoms with Crippen molar-refractivity contribution in [3.8, 4) is 0 Å². The first-order valence-corrected chi connectivity index (χ1v) is 10.9. The van der Waals surface area contributed by atoms with E-state index in [2.05, 4.69) is 35.2 Å². The molecule has 150 valence electrons. The largest absolute Gasteiger partial charge is 0.390 e. The summed E-state index contributed by atoms with van der Waals surface area (Å²) in [6.07, 6.45) is 21.2. The molecule has 0 aliphatic rings. The number of nitrogens with two attached hydrogens (primary N) is 1. The molecule has 0 spiro atoms.